The molecule has 6 nitrogen and oxygen atoms in total. The highest BCUT2D eigenvalue weighted by molar-refractivity contribution is 7.88. The van der Waals surface area contributed by atoms with Crippen LogP contribution in [0.15, 0.2) is 54.6 Å². The van der Waals surface area contributed by atoms with Gasteiger partial charge in [-0.1, -0.05) is 54.6 Å². The average molecular weight is 390 g/mol. The number of carbonyl (C=O) groups excluding carboxylic acids is 1. The maximum Gasteiger partial charge on any atom is 0.222 e. The molecular weight excluding hydrogens is 362 g/mol. The molecule has 0 heterocycles. The minimum absolute atomic E-state index is 0.124. The number of nitrogens with two attached hydrogens (primary N) is 1. The van der Waals surface area contributed by atoms with Crippen LogP contribution in [-0.2, 0) is 27.1 Å². The van der Waals surface area contributed by atoms with Crippen molar-refractivity contribution in [2.45, 2.75) is 44.6 Å². The van der Waals surface area contributed by atoms with Crippen molar-refractivity contribution in [3.8, 4) is 0 Å². The summed E-state index contributed by atoms with van der Waals surface area (Å²) in [7, 11) is -3.43. The van der Waals surface area contributed by atoms with Gasteiger partial charge < -0.3 is 11.1 Å². The fourth-order valence-corrected chi connectivity index (χ4v) is 4.25. The minimum atomic E-state index is -3.43. The van der Waals surface area contributed by atoms with Gasteiger partial charge in [-0.25, -0.2) is 13.1 Å². The molecule has 146 valence electrons. The number of carbonyl (C=O) groups is 1. The lowest BCUT2D eigenvalue weighted by Crippen LogP contribution is -2.32. The fourth-order valence-electron chi connectivity index (χ4n) is 2.76. The number of rotatable bonds is 9. The van der Waals surface area contributed by atoms with Crippen molar-refractivity contribution < 1.29 is 13.2 Å². The van der Waals surface area contributed by atoms with Crippen LogP contribution < -0.4 is 15.8 Å². The Morgan fingerprint density at radius 2 is 1.59 bits per heavy atom. The molecular formula is C20H27N3O3S. The molecule has 0 aromatic heterocycles. The zero-order valence-corrected chi connectivity index (χ0v) is 16.5. The smallest absolute Gasteiger partial charge is 0.222 e. The summed E-state index contributed by atoms with van der Waals surface area (Å²) in [6, 6.07) is 16.1. The van der Waals surface area contributed by atoms with Crippen molar-refractivity contribution >= 4 is 15.9 Å². The van der Waals surface area contributed by atoms with Gasteiger partial charge >= 0.3 is 0 Å². The van der Waals surface area contributed by atoms with E-state index in [1.54, 1.807) is 26.0 Å². The molecule has 0 spiro atoms. The molecule has 1 amide bonds. The van der Waals surface area contributed by atoms with Crippen LogP contribution in [0.5, 0.6) is 0 Å². The van der Waals surface area contributed by atoms with Gasteiger partial charge in [0.15, 0.2) is 0 Å². The Labute approximate surface area is 161 Å². The Kier molecular flexibility index (Phi) is 7.53. The molecule has 0 aliphatic rings. The monoisotopic (exact) mass is 389 g/mol. The Balaban J connectivity index is 1.97. The summed E-state index contributed by atoms with van der Waals surface area (Å²) in [5, 5.41) is 2.83. The molecule has 0 fully saturated rings. The van der Waals surface area contributed by atoms with E-state index < -0.39 is 10.0 Å². The normalized spacial score (nSPS) is 12.7. The summed E-state index contributed by atoms with van der Waals surface area (Å²) in [6.45, 7) is 3.81. The second-order valence-electron chi connectivity index (χ2n) is 6.80. The molecule has 1 atom stereocenters. The molecule has 27 heavy (non-hydrogen) atoms. The van der Waals surface area contributed by atoms with Crippen molar-refractivity contribution in [3.63, 3.8) is 0 Å². The highest BCUT2D eigenvalue weighted by Gasteiger charge is 2.16. The van der Waals surface area contributed by atoms with Crippen molar-refractivity contribution in [2.75, 3.05) is 0 Å². The zero-order valence-electron chi connectivity index (χ0n) is 15.7. The van der Waals surface area contributed by atoms with Crippen LogP contribution in [0.2, 0.25) is 0 Å². The second kappa shape index (κ2) is 9.64. The number of hydrogen-bond acceptors (Lipinski definition) is 4. The Hall–Kier alpha value is -2.22. The summed E-state index contributed by atoms with van der Waals surface area (Å²) in [5.41, 5.74) is 8.41. The first-order valence-corrected chi connectivity index (χ1v) is 10.6. The number of sulfonamides is 1. The van der Waals surface area contributed by atoms with Gasteiger partial charge in [-0.05, 0) is 30.5 Å². The van der Waals surface area contributed by atoms with Gasteiger partial charge in [-0.3, -0.25) is 4.79 Å². The lowest BCUT2D eigenvalue weighted by Gasteiger charge is -2.15. The van der Waals surface area contributed by atoms with E-state index in [0.717, 1.165) is 11.1 Å². The molecule has 0 bridgehead atoms. The quantitative estimate of drug-likeness (QED) is 0.612. The summed E-state index contributed by atoms with van der Waals surface area (Å²) in [4.78, 5) is 12.2. The lowest BCUT2D eigenvalue weighted by molar-refractivity contribution is -0.121. The third-order valence-corrected chi connectivity index (χ3v) is 5.51. The first kappa shape index (κ1) is 21.1. The Morgan fingerprint density at radius 3 is 2.22 bits per heavy atom. The fraction of sp³-hybridized carbons (Fsp3) is 0.350. The van der Waals surface area contributed by atoms with Gasteiger partial charge in [0.05, 0.1) is 5.75 Å². The van der Waals surface area contributed by atoms with E-state index in [-0.39, 0.29) is 36.7 Å². The van der Waals surface area contributed by atoms with E-state index in [4.69, 9.17) is 5.73 Å². The van der Waals surface area contributed by atoms with Crippen LogP contribution in [0.3, 0.4) is 0 Å². The predicted molar refractivity (Wildman–Crippen MR) is 107 cm³/mol. The molecule has 0 aliphatic heterocycles. The highest BCUT2D eigenvalue weighted by atomic mass is 32.2. The van der Waals surface area contributed by atoms with Gasteiger partial charge in [-0.2, -0.15) is 0 Å². The molecule has 0 saturated carbocycles. The highest BCUT2D eigenvalue weighted by Crippen LogP contribution is 2.15. The standard InChI is InChI=1S/C20H27N3O3S/c1-15(2)23-27(25,26)14-18-11-7-6-10-17(18)13-22-20(24)12-19(21)16-8-4-3-5-9-16/h3-11,15,19,23H,12-14,21H2,1-2H3,(H,22,24). The SMILES string of the molecule is CC(C)NS(=O)(=O)Cc1ccccc1CNC(=O)CC(N)c1ccccc1. The van der Waals surface area contributed by atoms with E-state index in [2.05, 4.69) is 10.0 Å². The zero-order chi connectivity index (χ0) is 19.9. The molecule has 0 radical (unpaired) electrons. The van der Waals surface area contributed by atoms with Crippen LogP contribution in [0.25, 0.3) is 0 Å². The summed E-state index contributed by atoms with van der Waals surface area (Å²) >= 11 is 0. The average Bonchev–Trinajstić information content (AvgIpc) is 2.60. The Bertz CT molecular complexity index is 852. The molecule has 4 N–H and O–H groups in total. The van der Waals surface area contributed by atoms with Gasteiger partial charge in [0, 0.05) is 25.0 Å². The van der Waals surface area contributed by atoms with E-state index in [9.17, 15) is 13.2 Å². The van der Waals surface area contributed by atoms with Crippen molar-refractivity contribution in [3.05, 3.63) is 71.3 Å². The number of nitrogens with one attached hydrogen (secondary N) is 2. The third-order valence-electron chi connectivity index (χ3n) is 3.99. The van der Waals surface area contributed by atoms with Crippen molar-refractivity contribution in [2.24, 2.45) is 5.73 Å². The van der Waals surface area contributed by atoms with Crippen molar-refractivity contribution in [1.29, 1.82) is 0 Å². The van der Waals surface area contributed by atoms with Crippen molar-refractivity contribution in [1.82, 2.24) is 10.0 Å². The first-order chi connectivity index (χ1) is 12.8. The largest absolute Gasteiger partial charge is 0.352 e. The summed E-state index contributed by atoms with van der Waals surface area (Å²) in [6.07, 6.45) is 0.166. The van der Waals surface area contributed by atoms with Crippen LogP contribution in [-0.4, -0.2) is 20.4 Å². The molecule has 7 heteroatoms. The van der Waals surface area contributed by atoms with Crippen LogP contribution in [0, 0.1) is 0 Å². The van der Waals surface area contributed by atoms with Gasteiger partial charge in [-0.15, -0.1) is 0 Å². The maximum absolute atomic E-state index is 12.2. The van der Waals surface area contributed by atoms with E-state index >= 15 is 0 Å². The lowest BCUT2D eigenvalue weighted by atomic mass is 10.0. The molecule has 2 aromatic carbocycles. The summed E-state index contributed by atoms with van der Waals surface area (Å²) < 4.78 is 26.9. The van der Waals surface area contributed by atoms with E-state index in [0.29, 0.717) is 5.56 Å². The molecule has 1 unspecified atom stereocenters. The van der Waals surface area contributed by atoms with Gasteiger partial charge in [0.1, 0.15) is 0 Å². The second-order valence-corrected chi connectivity index (χ2v) is 8.55. The third kappa shape index (κ3) is 7.13. The predicted octanol–water partition coefficient (Wildman–Crippen LogP) is 2.22. The first-order valence-electron chi connectivity index (χ1n) is 8.91. The van der Waals surface area contributed by atoms with Crippen LogP contribution >= 0.6 is 0 Å². The number of benzene rings is 2. The van der Waals surface area contributed by atoms with E-state index in [1.165, 1.54) is 0 Å². The number of hydrogen-bond donors (Lipinski definition) is 3. The molecule has 0 aliphatic carbocycles. The maximum atomic E-state index is 12.2. The molecule has 2 aromatic rings. The van der Waals surface area contributed by atoms with Crippen LogP contribution in [0.4, 0.5) is 0 Å². The Morgan fingerprint density at radius 1 is 1.00 bits per heavy atom. The summed E-state index contributed by atoms with van der Waals surface area (Å²) in [5.74, 6) is -0.301. The molecule has 2 rings (SSSR count). The topological polar surface area (TPSA) is 101 Å². The minimum Gasteiger partial charge on any atom is -0.352 e. The number of amides is 1. The van der Waals surface area contributed by atoms with Gasteiger partial charge in [0.2, 0.25) is 15.9 Å². The van der Waals surface area contributed by atoms with Crippen LogP contribution in [0.1, 0.15) is 43.0 Å². The van der Waals surface area contributed by atoms with E-state index in [1.807, 2.05) is 42.5 Å². The molecule has 0 saturated heterocycles. The van der Waals surface area contributed by atoms with Gasteiger partial charge in [0.25, 0.3) is 0 Å².